The first kappa shape index (κ1) is 9.65. The van der Waals surface area contributed by atoms with Gasteiger partial charge in [-0.3, -0.25) is 14.9 Å². The molecule has 0 spiro atoms. The minimum Gasteiger partial charge on any atom is -0.305 e. The molecule has 14 heavy (non-hydrogen) atoms. The van der Waals surface area contributed by atoms with Crippen LogP contribution in [0.1, 0.15) is 32.1 Å². The molecule has 1 saturated carbocycles. The minimum atomic E-state index is -0.276. The molecular weight excluding hydrogens is 180 g/mol. The number of carbonyl (C=O) groups excluding carboxylic acids is 2. The monoisotopic (exact) mass is 196 g/mol. The van der Waals surface area contributed by atoms with E-state index in [4.69, 9.17) is 0 Å². The van der Waals surface area contributed by atoms with Gasteiger partial charge in [-0.2, -0.15) is 0 Å². The average Bonchev–Trinajstić information content (AvgIpc) is 2.88. The lowest BCUT2D eigenvalue weighted by Gasteiger charge is -2.07. The topological polar surface area (TPSA) is 58.2 Å². The van der Waals surface area contributed by atoms with Gasteiger partial charge < -0.3 is 5.32 Å². The lowest BCUT2D eigenvalue weighted by molar-refractivity contribution is -0.125. The summed E-state index contributed by atoms with van der Waals surface area (Å²) < 4.78 is 0. The highest BCUT2D eigenvalue weighted by Crippen LogP contribution is 2.33. The van der Waals surface area contributed by atoms with E-state index in [9.17, 15) is 9.59 Å². The van der Waals surface area contributed by atoms with E-state index in [1.807, 2.05) is 0 Å². The maximum atomic E-state index is 11.1. The molecule has 1 unspecified atom stereocenters. The maximum absolute atomic E-state index is 11.1. The van der Waals surface area contributed by atoms with Gasteiger partial charge in [0.25, 0.3) is 0 Å². The van der Waals surface area contributed by atoms with Crippen molar-refractivity contribution in [2.75, 3.05) is 6.54 Å². The van der Waals surface area contributed by atoms with Crippen LogP contribution in [-0.4, -0.2) is 24.4 Å². The van der Waals surface area contributed by atoms with Crippen LogP contribution in [-0.2, 0) is 9.59 Å². The third-order valence-electron chi connectivity index (χ3n) is 2.85. The van der Waals surface area contributed by atoms with E-state index in [0.29, 0.717) is 6.42 Å². The fourth-order valence-corrected chi connectivity index (χ4v) is 1.79. The Morgan fingerprint density at radius 1 is 1.36 bits per heavy atom. The Balaban J connectivity index is 1.59. The fourth-order valence-electron chi connectivity index (χ4n) is 1.79. The molecule has 0 radical (unpaired) electrons. The summed E-state index contributed by atoms with van der Waals surface area (Å²) in [5.74, 6) is 0.618. The number of imide groups is 1. The minimum absolute atomic E-state index is 0.158. The predicted molar refractivity (Wildman–Crippen MR) is 51.5 cm³/mol. The highest BCUT2D eigenvalue weighted by molar-refractivity contribution is 6.05. The van der Waals surface area contributed by atoms with E-state index in [2.05, 4.69) is 10.6 Å². The van der Waals surface area contributed by atoms with Gasteiger partial charge in [-0.05, 0) is 25.3 Å². The lowest BCUT2D eigenvalue weighted by atomic mass is 10.2. The normalized spacial score (nSPS) is 26.7. The second-order valence-electron chi connectivity index (χ2n) is 4.21. The Bertz CT molecular complexity index is 249. The molecule has 2 fully saturated rings. The van der Waals surface area contributed by atoms with Crippen molar-refractivity contribution >= 4 is 11.8 Å². The van der Waals surface area contributed by atoms with Crippen LogP contribution >= 0.6 is 0 Å². The Labute approximate surface area is 83.4 Å². The van der Waals surface area contributed by atoms with E-state index >= 15 is 0 Å². The van der Waals surface area contributed by atoms with E-state index in [1.165, 1.54) is 19.3 Å². The zero-order valence-electron chi connectivity index (χ0n) is 8.21. The summed E-state index contributed by atoms with van der Waals surface area (Å²) in [4.78, 5) is 22.0. The van der Waals surface area contributed by atoms with Crippen molar-refractivity contribution in [3.8, 4) is 0 Å². The first-order valence-corrected chi connectivity index (χ1v) is 5.33. The molecule has 0 aromatic heterocycles. The number of rotatable bonds is 5. The van der Waals surface area contributed by atoms with Crippen LogP contribution in [0, 0.1) is 5.92 Å². The van der Waals surface area contributed by atoms with Crippen LogP contribution in [0.15, 0.2) is 0 Å². The molecule has 1 atom stereocenters. The molecule has 1 heterocycles. The first-order valence-electron chi connectivity index (χ1n) is 5.33. The van der Waals surface area contributed by atoms with E-state index < -0.39 is 0 Å². The Morgan fingerprint density at radius 2 is 2.14 bits per heavy atom. The van der Waals surface area contributed by atoms with Crippen LogP contribution in [0.2, 0.25) is 0 Å². The summed E-state index contributed by atoms with van der Waals surface area (Å²) in [7, 11) is 0. The van der Waals surface area contributed by atoms with Crippen molar-refractivity contribution in [3.05, 3.63) is 0 Å². The lowest BCUT2D eigenvalue weighted by Crippen LogP contribution is -2.36. The highest BCUT2D eigenvalue weighted by atomic mass is 16.2. The number of hydrogen-bond donors (Lipinski definition) is 2. The molecule has 1 saturated heterocycles. The summed E-state index contributed by atoms with van der Waals surface area (Å²) in [5.41, 5.74) is 0. The highest BCUT2D eigenvalue weighted by Gasteiger charge is 2.29. The van der Waals surface area contributed by atoms with Gasteiger partial charge >= 0.3 is 0 Å². The summed E-state index contributed by atoms with van der Waals surface area (Å²) in [6.45, 7) is 0.849. The zero-order chi connectivity index (χ0) is 9.97. The molecular formula is C10H16N2O2. The molecule has 78 valence electrons. The van der Waals surface area contributed by atoms with Crippen molar-refractivity contribution in [2.45, 2.75) is 38.1 Å². The maximum Gasteiger partial charge on any atom is 0.244 e. The SMILES string of the molecule is O=C1CC(NCCCC2CC2)C(=O)N1. The summed E-state index contributed by atoms with van der Waals surface area (Å²) >= 11 is 0. The van der Waals surface area contributed by atoms with Crippen LogP contribution in [0.5, 0.6) is 0 Å². The molecule has 2 aliphatic rings. The van der Waals surface area contributed by atoms with Crippen molar-refractivity contribution in [2.24, 2.45) is 5.92 Å². The molecule has 0 aromatic rings. The second-order valence-corrected chi connectivity index (χ2v) is 4.21. The van der Waals surface area contributed by atoms with Crippen LogP contribution < -0.4 is 10.6 Å². The van der Waals surface area contributed by atoms with Crippen molar-refractivity contribution < 1.29 is 9.59 Å². The number of nitrogens with one attached hydrogen (secondary N) is 2. The van der Waals surface area contributed by atoms with Gasteiger partial charge in [0.1, 0.15) is 0 Å². The predicted octanol–water partition coefficient (Wildman–Crippen LogP) is 0.181. The Kier molecular flexibility index (Phi) is 2.82. The number of hydrogen-bond acceptors (Lipinski definition) is 3. The number of amides is 2. The van der Waals surface area contributed by atoms with Crippen LogP contribution in [0.4, 0.5) is 0 Å². The van der Waals surface area contributed by atoms with E-state index in [0.717, 1.165) is 18.9 Å². The Morgan fingerprint density at radius 3 is 2.71 bits per heavy atom. The molecule has 1 aliphatic carbocycles. The standard InChI is InChI=1S/C10H16N2O2/c13-9-6-8(10(14)12-9)11-5-1-2-7-3-4-7/h7-8,11H,1-6H2,(H,12,13,14). The van der Waals surface area contributed by atoms with Crippen molar-refractivity contribution in [1.29, 1.82) is 0 Å². The average molecular weight is 196 g/mol. The third-order valence-corrected chi connectivity index (χ3v) is 2.85. The molecule has 4 heteroatoms. The third kappa shape index (κ3) is 2.54. The quantitative estimate of drug-likeness (QED) is 0.487. The van der Waals surface area contributed by atoms with E-state index in [1.54, 1.807) is 0 Å². The van der Waals surface area contributed by atoms with Crippen LogP contribution in [0.25, 0.3) is 0 Å². The zero-order valence-corrected chi connectivity index (χ0v) is 8.21. The molecule has 2 rings (SSSR count). The molecule has 0 bridgehead atoms. The smallest absolute Gasteiger partial charge is 0.244 e. The van der Waals surface area contributed by atoms with Gasteiger partial charge in [-0.1, -0.05) is 12.8 Å². The van der Waals surface area contributed by atoms with Gasteiger partial charge in [0.15, 0.2) is 0 Å². The molecule has 2 amide bonds. The van der Waals surface area contributed by atoms with Crippen molar-refractivity contribution in [1.82, 2.24) is 10.6 Å². The Hall–Kier alpha value is -0.900. The van der Waals surface area contributed by atoms with Gasteiger partial charge in [-0.25, -0.2) is 0 Å². The molecule has 4 nitrogen and oxygen atoms in total. The van der Waals surface area contributed by atoms with Gasteiger partial charge in [0, 0.05) is 0 Å². The largest absolute Gasteiger partial charge is 0.305 e. The van der Waals surface area contributed by atoms with Gasteiger partial charge in [0.2, 0.25) is 11.8 Å². The number of carbonyl (C=O) groups is 2. The van der Waals surface area contributed by atoms with Gasteiger partial charge in [-0.15, -0.1) is 0 Å². The second kappa shape index (κ2) is 4.09. The summed E-state index contributed by atoms with van der Waals surface area (Å²) in [6.07, 6.45) is 5.44. The van der Waals surface area contributed by atoms with Gasteiger partial charge in [0.05, 0.1) is 12.5 Å². The summed E-state index contributed by atoms with van der Waals surface area (Å²) in [5, 5.41) is 5.40. The van der Waals surface area contributed by atoms with E-state index in [-0.39, 0.29) is 17.9 Å². The summed E-state index contributed by atoms with van der Waals surface area (Å²) in [6, 6.07) is -0.276. The van der Waals surface area contributed by atoms with Crippen molar-refractivity contribution in [3.63, 3.8) is 0 Å². The fraction of sp³-hybridized carbons (Fsp3) is 0.800. The molecule has 0 aromatic carbocycles. The van der Waals surface area contributed by atoms with Crippen LogP contribution in [0.3, 0.4) is 0 Å². The molecule has 1 aliphatic heterocycles. The molecule has 2 N–H and O–H groups in total. The first-order chi connectivity index (χ1) is 6.75.